The van der Waals surface area contributed by atoms with Crippen LogP contribution < -0.4 is 0 Å². The van der Waals surface area contributed by atoms with Crippen molar-refractivity contribution in [2.45, 2.75) is 101 Å². The Morgan fingerprint density at radius 2 is 0.692 bits per heavy atom. The maximum atomic E-state index is 11.7. The molecular formula is C54H58O11. The summed E-state index contributed by atoms with van der Waals surface area (Å²) in [5.41, 5.74) is 5.64. The lowest BCUT2D eigenvalue weighted by Gasteiger charge is -2.49. The van der Waals surface area contributed by atoms with Crippen LogP contribution in [-0.4, -0.2) is 84.8 Å². The Labute approximate surface area is 381 Å². The highest BCUT2D eigenvalue weighted by molar-refractivity contribution is 5.18. The summed E-state index contributed by atoms with van der Waals surface area (Å²) in [6, 6.07) is 59.0. The van der Waals surface area contributed by atoms with E-state index in [1.165, 1.54) is 0 Å². The summed E-state index contributed by atoms with van der Waals surface area (Å²) in [6.07, 6.45) is -9.89. The van der Waals surface area contributed by atoms with Gasteiger partial charge in [-0.2, -0.15) is 0 Å². The molecule has 0 amide bonds. The van der Waals surface area contributed by atoms with E-state index < -0.39 is 68.0 Å². The SMILES string of the molecule is OC[C@H]1O[C@@H](O)[C@H](OCc2ccccc2)[C@@H](OC2O[C@H](COCc3ccccc3)[C@H](OCc3ccccc3)[C@H](OCc3ccccc3)[C@H]2OCc2ccccc2)[C@H]1OCc1ccccc1. The molecule has 0 bridgehead atoms. The van der Waals surface area contributed by atoms with Crippen molar-refractivity contribution in [2.24, 2.45) is 0 Å². The molecule has 11 heteroatoms. The van der Waals surface area contributed by atoms with Gasteiger partial charge in [-0.1, -0.05) is 182 Å². The zero-order chi connectivity index (χ0) is 44.5. The minimum Gasteiger partial charge on any atom is -0.394 e. The topological polar surface area (TPSA) is 124 Å². The quantitative estimate of drug-likeness (QED) is 0.0691. The van der Waals surface area contributed by atoms with Crippen LogP contribution in [0.4, 0.5) is 0 Å². The lowest BCUT2D eigenvalue weighted by atomic mass is 9.95. The molecule has 2 heterocycles. The Kier molecular flexibility index (Phi) is 17.4. The van der Waals surface area contributed by atoms with Gasteiger partial charge in [0.2, 0.25) is 0 Å². The summed E-state index contributed by atoms with van der Waals surface area (Å²) in [6.45, 7) is 0.975. The molecule has 2 aliphatic heterocycles. The van der Waals surface area contributed by atoms with Gasteiger partial charge in [0.05, 0.1) is 52.9 Å². The molecule has 11 nitrogen and oxygen atoms in total. The van der Waals surface area contributed by atoms with Crippen LogP contribution in [0.15, 0.2) is 182 Å². The van der Waals surface area contributed by atoms with Gasteiger partial charge in [-0.3, -0.25) is 0 Å². The molecule has 0 aliphatic carbocycles. The Morgan fingerprint density at radius 3 is 1.09 bits per heavy atom. The van der Waals surface area contributed by atoms with Crippen molar-refractivity contribution >= 4 is 0 Å². The first-order valence-electron chi connectivity index (χ1n) is 22.3. The fourth-order valence-corrected chi connectivity index (χ4v) is 8.12. The van der Waals surface area contributed by atoms with Gasteiger partial charge in [-0.15, -0.1) is 0 Å². The monoisotopic (exact) mass is 882 g/mol. The molecule has 10 atom stereocenters. The molecule has 2 fully saturated rings. The smallest absolute Gasteiger partial charge is 0.187 e. The molecule has 0 saturated carbocycles. The molecule has 0 radical (unpaired) electrons. The minimum absolute atomic E-state index is 0.113. The Balaban J connectivity index is 1.17. The van der Waals surface area contributed by atoms with Crippen LogP contribution in [0.5, 0.6) is 0 Å². The van der Waals surface area contributed by atoms with Gasteiger partial charge < -0.3 is 52.8 Å². The van der Waals surface area contributed by atoms with Crippen molar-refractivity contribution in [3.8, 4) is 0 Å². The van der Waals surface area contributed by atoms with E-state index in [9.17, 15) is 10.2 Å². The van der Waals surface area contributed by atoms with E-state index in [0.29, 0.717) is 6.61 Å². The fourth-order valence-electron chi connectivity index (χ4n) is 8.12. The Bertz CT molecular complexity index is 2210. The summed E-state index contributed by atoms with van der Waals surface area (Å²) >= 11 is 0. The van der Waals surface area contributed by atoms with Crippen LogP contribution in [0.25, 0.3) is 0 Å². The lowest BCUT2D eigenvalue weighted by molar-refractivity contribution is -0.375. The number of hydrogen-bond acceptors (Lipinski definition) is 11. The number of rotatable bonds is 22. The molecule has 0 spiro atoms. The normalized spacial score (nSPS) is 25.6. The summed E-state index contributed by atoms with van der Waals surface area (Å²) < 4.78 is 60.6. The van der Waals surface area contributed by atoms with Crippen LogP contribution in [0, 0.1) is 0 Å². The van der Waals surface area contributed by atoms with E-state index in [1.54, 1.807) is 0 Å². The second-order valence-corrected chi connectivity index (χ2v) is 16.2. The molecule has 2 N–H and O–H groups in total. The summed E-state index contributed by atoms with van der Waals surface area (Å²) in [5, 5.41) is 22.5. The Morgan fingerprint density at radius 1 is 0.354 bits per heavy atom. The van der Waals surface area contributed by atoms with Gasteiger partial charge in [0.15, 0.2) is 12.6 Å². The number of aliphatic hydroxyl groups excluding tert-OH is 2. The minimum atomic E-state index is -1.50. The molecule has 6 aromatic rings. The van der Waals surface area contributed by atoms with Gasteiger partial charge >= 0.3 is 0 Å². The predicted octanol–water partition coefficient (Wildman–Crippen LogP) is 7.95. The van der Waals surface area contributed by atoms with Gasteiger partial charge in [-0.05, 0) is 33.4 Å². The second-order valence-electron chi connectivity index (χ2n) is 16.2. The van der Waals surface area contributed by atoms with Gasteiger partial charge in [0.1, 0.15) is 48.8 Å². The first-order chi connectivity index (χ1) is 32.1. The highest BCUT2D eigenvalue weighted by Crippen LogP contribution is 2.36. The molecule has 340 valence electrons. The maximum Gasteiger partial charge on any atom is 0.187 e. The molecule has 1 unspecified atom stereocenters. The average molecular weight is 883 g/mol. The molecule has 2 aliphatic rings. The lowest BCUT2D eigenvalue weighted by Crippen LogP contribution is -2.66. The fraction of sp³-hybridized carbons (Fsp3) is 0.333. The van der Waals surface area contributed by atoms with Crippen molar-refractivity contribution in [1.82, 2.24) is 0 Å². The van der Waals surface area contributed by atoms with Crippen LogP contribution in [-0.2, 0) is 82.3 Å². The van der Waals surface area contributed by atoms with E-state index in [4.69, 9.17) is 42.6 Å². The van der Waals surface area contributed by atoms with Crippen LogP contribution >= 0.6 is 0 Å². The van der Waals surface area contributed by atoms with E-state index in [1.807, 2.05) is 182 Å². The summed E-state index contributed by atoms with van der Waals surface area (Å²) in [4.78, 5) is 0. The Hall–Kier alpha value is -5.12. The standard InChI is InChI=1S/C54H58O11/c55-31-45-47(58-33-40-21-9-2-10-22-40)50(51(53(56)63-45)61-36-43-27-15-5-16-28-43)65-54-52(62-37-44-29-17-6-18-30-44)49(60-35-42-25-13-4-14-26-42)48(59-34-41-23-11-3-12-24-41)46(64-54)38-57-32-39-19-7-1-8-20-39/h1-30,45-56H,31-38H2/t45-,46-,47+,48+,49+,50+,51-,52-,53-,54?/m1/s1. The molecule has 65 heavy (non-hydrogen) atoms. The van der Waals surface area contributed by atoms with Crippen molar-refractivity contribution in [2.75, 3.05) is 13.2 Å². The second kappa shape index (κ2) is 24.4. The van der Waals surface area contributed by atoms with Gasteiger partial charge in [0.25, 0.3) is 0 Å². The number of ether oxygens (including phenoxy) is 9. The van der Waals surface area contributed by atoms with E-state index in [0.717, 1.165) is 33.4 Å². The summed E-state index contributed by atoms with van der Waals surface area (Å²) in [5.74, 6) is 0. The first-order valence-corrected chi connectivity index (χ1v) is 22.3. The zero-order valence-corrected chi connectivity index (χ0v) is 36.3. The van der Waals surface area contributed by atoms with E-state index in [-0.39, 0.29) is 39.6 Å². The van der Waals surface area contributed by atoms with Crippen molar-refractivity contribution in [3.05, 3.63) is 215 Å². The number of benzene rings is 6. The molecule has 2 saturated heterocycles. The molecular weight excluding hydrogens is 825 g/mol. The maximum absolute atomic E-state index is 11.7. The third kappa shape index (κ3) is 13.3. The molecule has 8 rings (SSSR count). The average Bonchev–Trinajstić information content (AvgIpc) is 3.36. The highest BCUT2D eigenvalue weighted by atomic mass is 16.7. The number of hydrogen-bond donors (Lipinski definition) is 2. The predicted molar refractivity (Wildman–Crippen MR) is 243 cm³/mol. The number of aliphatic hydroxyl groups is 2. The third-order valence-corrected chi connectivity index (χ3v) is 11.5. The van der Waals surface area contributed by atoms with E-state index in [2.05, 4.69) is 0 Å². The van der Waals surface area contributed by atoms with E-state index >= 15 is 0 Å². The third-order valence-electron chi connectivity index (χ3n) is 11.5. The van der Waals surface area contributed by atoms with Crippen LogP contribution in [0.1, 0.15) is 33.4 Å². The molecule has 6 aromatic carbocycles. The largest absolute Gasteiger partial charge is 0.394 e. The zero-order valence-electron chi connectivity index (χ0n) is 36.3. The van der Waals surface area contributed by atoms with Gasteiger partial charge in [0, 0.05) is 0 Å². The summed E-state index contributed by atoms with van der Waals surface area (Å²) in [7, 11) is 0. The highest BCUT2D eigenvalue weighted by Gasteiger charge is 2.54. The van der Waals surface area contributed by atoms with Gasteiger partial charge in [-0.25, -0.2) is 0 Å². The van der Waals surface area contributed by atoms with Crippen molar-refractivity contribution in [1.29, 1.82) is 0 Å². The van der Waals surface area contributed by atoms with Crippen LogP contribution in [0.3, 0.4) is 0 Å². The van der Waals surface area contributed by atoms with Crippen LogP contribution in [0.2, 0.25) is 0 Å². The van der Waals surface area contributed by atoms with Crippen molar-refractivity contribution in [3.63, 3.8) is 0 Å². The first kappa shape index (κ1) is 46.4. The van der Waals surface area contributed by atoms with Crippen molar-refractivity contribution < 1.29 is 52.8 Å². The molecule has 0 aromatic heterocycles.